The molecule has 3 aliphatic rings. The number of anilines is 1. The van der Waals surface area contributed by atoms with E-state index in [9.17, 15) is 22.7 Å². The number of nitrogens with zero attached hydrogens (tertiary/aromatic N) is 7. The molecule has 2 atom stereocenters. The molecule has 0 bridgehead atoms. The maximum absolute atomic E-state index is 14.3. The highest BCUT2D eigenvalue weighted by molar-refractivity contribution is 7.89. The van der Waals surface area contributed by atoms with E-state index in [0.717, 1.165) is 39.0 Å². The van der Waals surface area contributed by atoms with Gasteiger partial charge in [-0.1, -0.05) is 0 Å². The molecule has 49 heavy (non-hydrogen) atoms. The smallest absolute Gasteiger partial charge is 0.257 e. The molecule has 6 rings (SSSR count). The number of halogens is 1. The van der Waals surface area contributed by atoms with Gasteiger partial charge < -0.3 is 24.4 Å². The van der Waals surface area contributed by atoms with Crippen LogP contribution in [0.1, 0.15) is 56.8 Å². The zero-order valence-electron chi connectivity index (χ0n) is 28.4. The number of sulfonamides is 1. The van der Waals surface area contributed by atoms with Crippen molar-refractivity contribution in [1.82, 2.24) is 34.3 Å². The first-order valence-electron chi connectivity index (χ1n) is 16.7. The van der Waals surface area contributed by atoms with Crippen LogP contribution in [0.4, 0.5) is 10.2 Å². The first-order chi connectivity index (χ1) is 23.3. The highest BCUT2D eigenvalue weighted by atomic mass is 32.2. The Labute approximate surface area is 286 Å². The Morgan fingerprint density at radius 2 is 1.96 bits per heavy atom. The Kier molecular flexibility index (Phi) is 9.97. The second kappa shape index (κ2) is 13.9. The number of carbonyl (C=O) groups is 1. The third kappa shape index (κ3) is 7.72. The molecule has 3 fully saturated rings. The van der Waals surface area contributed by atoms with Crippen molar-refractivity contribution in [2.75, 3.05) is 50.8 Å². The van der Waals surface area contributed by atoms with Crippen LogP contribution in [0.15, 0.2) is 48.0 Å². The number of benzene rings is 1. The number of aliphatic hydroxyl groups is 1. The van der Waals surface area contributed by atoms with E-state index in [4.69, 9.17) is 9.47 Å². The van der Waals surface area contributed by atoms with Crippen molar-refractivity contribution in [3.05, 3.63) is 54.5 Å². The number of β-amino-alcohol motifs (C(OH)–C–C–N with tert-alkyl or cyclic N) is 1. The molecule has 1 aromatic carbocycles. The summed E-state index contributed by atoms with van der Waals surface area (Å²) < 4.78 is 55.8. The van der Waals surface area contributed by atoms with Gasteiger partial charge in [-0.2, -0.15) is 5.10 Å². The van der Waals surface area contributed by atoms with Crippen molar-refractivity contribution in [2.45, 2.75) is 69.2 Å². The first kappa shape index (κ1) is 35.1. The molecule has 0 radical (unpaired) electrons. The van der Waals surface area contributed by atoms with Gasteiger partial charge in [0, 0.05) is 56.8 Å². The molecule has 3 aliphatic heterocycles. The Hall–Kier alpha value is -3.70. The number of ether oxygens (including phenoxy) is 2. The van der Waals surface area contributed by atoms with Gasteiger partial charge in [-0.15, -0.1) is 0 Å². The molecule has 1 spiro atoms. The molecule has 3 saturated heterocycles. The number of hydrogen-bond acceptors (Lipinski definition) is 11. The number of hydrogen-bond donors (Lipinski definition) is 2. The fourth-order valence-electron chi connectivity index (χ4n) is 7.01. The summed E-state index contributed by atoms with van der Waals surface area (Å²) in [6.07, 6.45) is 8.38. The van der Waals surface area contributed by atoms with Crippen molar-refractivity contribution in [3.63, 3.8) is 0 Å². The summed E-state index contributed by atoms with van der Waals surface area (Å²) in [5, 5.41) is 15.1. The van der Waals surface area contributed by atoms with E-state index in [1.165, 1.54) is 41.6 Å². The van der Waals surface area contributed by atoms with E-state index >= 15 is 0 Å². The standard InChI is InChI=1S/C33H45FN8O6S/c1-5-42(23(2)3)31(43)27-14-24(34)6-7-28(27)48-29-16-35-22-36-30(29)41-19-32(20-41)10-12-40(13-11-32)21-33(44)9-8-25(18-47-33)38-49(45,46)26-15-37-39(4)17-26/h6-7,14-17,22-23,25,38,44H,5,8-13,18-21H2,1-4H3/t25-,33-/m1/s1. The van der Waals surface area contributed by atoms with Gasteiger partial charge in [0.25, 0.3) is 5.91 Å². The van der Waals surface area contributed by atoms with E-state index in [1.54, 1.807) is 18.1 Å². The summed E-state index contributed by atoms with van der Waals surface area (Å²) in [5.41, 5.74) is 0.225. The molecule has 16 heteroatoms. The highest BCUT2D eigenvalue weighted by Crippen LogP contribution is 2.45. The lowest BCUT2D eigenvalue weighted by Gasteiger charge is -2.55. The summed E-state index contributed by atoms with van der Waals surface area (Å²) >= 11 is 0. The first-order valence-corrected chi connectivity index (χ1v) is 18.2. The summed E-state index contributed by atoms with van der Waals surface area (Å²) in [6.45, 7) is 9.71. The van der Waals surface area contributed by atoms with Crippen molar-refractivity contribution < 1.29 is 32.2 Å². The van der Waals surface area contributed by atoms with Crippen LogP contribution in [0.2, 0.25) is 0 Å². The van der Waals surface area contributed by atoms with Crippen LogP contribution in [-0.2, 0) is 21.8 Å². The van der Waals surface area contributed by atoms with Crippen LogP contribution in [0.25, 0.3) is 0 Å². The van der Waals surface area contributed by atoms with Crippen LogP contribution in [0, 0.1) is 11.2 Å². The Morgan fingerprint density at radius 1 is 1.20 bits per heavy atom. The number of nitrogens with one attached hydrogen (secondary N) is 1. The van der Waals surface area contributed by atoms with Crippen molar-refractivity contribution in [1.29, 1.82) is 0 Å². The molecule has 2 N–H and O–H groups in total. The van der Waals surface area contributed by atoms with Crippen LogP contribution in [0.5, 0.6) is 11.5 Å². The van der Waals surface area contributed by atoms with E-state index in [-0.39, 0.29) is 40.2 Å². The zero-order valence-corrected chi connectivity index (χ0v) is 29.2. The van der Waals surface area contributed by atoms with E-state index in [0.29, 0.717) is 37.5 Å². The molecule has 1 amide bonds. The predicted octanol–water partition coefficient (Wildman–Crippen LogP) is 2.76. The molecule has 0 unspecified atom stereocenters. The molecular formula is C33H45FN8O6S. The number of amides is 1. The summed E-state index contributed by atoms with van der Waals surface area (Å²) in [4.78, 5) is 28.1. The van der Waals surface area contributed by atoms with Gasteiger partial charge in [-0.25, -0.2) is 27.5 Å². The average Bonchev–Trinajstić information content (AvgIpc) is 3.50. The minimum atomic E-state index is -3.72. The fourth-order valence-corrected chi connectivity index (χ4v) is 8.25. The second-order valence-corrected chi connectivity index (χ2v) is 15.4. The molecule has 266 valence electrons. The quantitative estimate of drug-likeness (QED) is 0.304. The predicted molar refractivity (Wildman–Crippen MR) is 178 cm³/mol. The summed E-state index contributed by atoms with van der Waals surface area (Å²) in [5.74, 6) is -0.935. The van der Waals surface area contributed by atoms with Crippen LogP contribution in [0.3, 0.4) is 0 Å². The third-order valence-electron chi connectivity index (χ3n) is 9.77. The zero-order chi connectivity index (χ0) is 35.0. The van der Waals surface area contributed by atoms with E-state index in [2.05, 4.69) is 29.6 Å². The van der Waals surface area contributed by atoms with Gasteiger partial charge >= 0.3 is 0 Å². The molecule has 5 heterocycles. The number of piperidine rings is 1. The van der Waals surface area contributed by atoms with Gasteiger partial charge in [-0.05, 0) is 71.3 Å². The Balaban J connectivity index is 1.02. The highest BCUT2D eigenvalue weighted by Gasteiger charge is 2.47. The van der Waals surface area contributed by atoms with Crippen molar-refractivity contribution in [2.24, 2.45) is 12.5 Å². The lowest BCUT2D eigenvalue weighted by molar-refractivity contribution is -0.239. The van der Waals surface area contributed by atoms with Gasteiger partial charge in [0.1, 0.15) is 22.8 Å². The molecular weight excluding hydrogens is 655 g/mol. The monoisotopic (exact) mass is 700 g/mol. The van der Waals surface area contributed by atoms with E-state index < -0.39 is 27.7 Å². The largest absolute Gasteiger partial charge is 0.451 e. The SMILES string of the molecule is CCN(C(=O)c1cc(F)ccc1Oc1cncnc1N1CC2(CCN(C[C@@]3(O)CC[C@@H](NS(=O)(=O)c4cnn(C)c4)CO3)CC2)C1)C(C)C. The lowest BCUT2D eigenvalue weighted by Crippen LogP contribution is -2.62. The van der Waals surface area contributed by atoms with Crippen molar-refractivity contribution >= 4 is 21.7 Å². The molecule has 2 aromatic heterocycles. The Morgan fingerprint density at radius 3 is 2.59 bits per heavy atom. The number of aryl methyl sites for hydroxylation is 1. The number of aromatic nitrogens is 4. The minimum absolute atomic E-state index is 0.0647. The van der Waals surface area contributed by atoms with Crippen LogP contribution < -0.4 is 14.4 Å². The van der Waals surface area contributed by atoms with Gasteiger partial charge in [0.15, 0.2) is 17.4 Å². The summed E-state index contributed by atoms with van der Waals surface area (Å²) in [6, 6.07) is 3.44. The number of likely N-dealkylation sites (tertiary alicyclic amines) is 1. The Bertz CT molecular complexity index is 1750. The third-order valence-corrected chi connectivity index (χ3v) is 11.2. The number of rotatable bonds is 11. The van der Waals surface area contributed by atoms with Gasteiger partial charge in [-0.3, -0.25) is 14.4 Å². The van der Waals surface area contributed by atoms with Gasteiger partial charge in [0.2, 0.25) is 10.0 Å². The maximum Gasteiger partial charge on any atom is 0.257 e. The topological polar surface area (TPSA) is 155 Å². The minimum Gasteiger partial charge on any atom is -0.451 e. The van der Waals surface area contributed by atoms with Crippen LogP contribution in [-0.4, -0.2) is 113 Å². The molecule has 0 aliphatic carbocycles. The fraction of sp³-hybridized carbons (Fsp3) is 0.576. The summed E-state index contributed by atoms with van der Waals surface area (Å²) in [7, 11) is -2.07. The normalized spacial score (nSPS) is 22.7. The second-order valence-electron chi connectivity index (χ2n) is 13.7. The molecule has 3 aromatic rings. The van der Waals surface area contributed by atoms with Gasteiger partial charge in [0.05, 0.1) is 31.1 Å². The maximum atomic E-state index is 14.3. The molecule has 0 saturated carbocycles. The average molecular weight is 701 g/mol. The lowest BCUT2D eigenvalue weighted by atomic mass is 9.72. The van der Waals surface area contributed by atoms with E-state index in [1.807, 2.05) is 20.8 Å². The van der Waals surface area contributed by atoms with Crippen molar-refractivity contribution in [3.8, 4) is 11.5 Å². The molecule has 14 nitrogen and oxygen atoms in total. The van der Waals surface area contributed by atoms with Crippen LogP contribution >= 0.6 is 0 Å². The number of carbonyl (C=O) groups excluding carboxylic acids is 1.